The Morgan fingerprint density at radius 1 is 1.11 bits per heavy atom. The SMILES string of the molecule is O=C1c2scnc2CN1Cc1c(F)cc(-c2ccc3nccn3c2)cc1F. The number of hydrogen-bond acceptors (Lipinski definition) is 4. The molecule has 0 saturated heterocycles. The molecule has 0 bridgehead atoms. The van der Waals surface area contributed by atoms with Crippen LogP contribution in [0, 0.1) is 11.6 Å². The number of nitrogens with zero attached hydrogens (tertiary/aromatic N) is 4. The molecule has 8 heteroatoms. The monoisotopic (exact) mass is 382 g/mol. The molecule has 0 saturated carbocycles. The van der Waals surface area contributed by atoms with Crippen LogP contribution in [0.4, 0.5) is 8.78 Å². The maximum Gasteiger partial charge on any atom is 0.266 e. The van der Waals surface area contributed by atoms with Crippen molar-refractivity contribution < 1.29 is 13.6 Å². The van der Waals surface area contributed by atoms with Gasteiger partial charge in [-0.1, -0.05) is 0 Å². The smallest absolute Gasteiger partial charge is 0.266 e. The minimum Gasteiger partial charge on any atom is -0.327 e. The molecule has 3 aromatic heterocycles. The van der Waals surface area contributed by atoms with Crippen molar-refractivity contribution in [2.75, 3.05) is 0 Å². The molecule has 1 aliphatic rings. The zero-order valence-corrected chi connectivity index (χ0v) is 14.7. The van der Waals surface area contributed by atoms with Crippen LogP contribution in [0.5, 0.6) is 0 Å². The summed E-state index contributed by atoms with van der Waals surface area (Å²) >= 11 is 1.25. The van der Waals surface area contributed by atoms with Crippen LogP contribution in [0.3, 0.4) is 0 Å². The highest BCUT2D eigenvalue weighted by atomic mass is 32.1. The van der Waals surface area contributed by atoms with Crippen LogP contribution >= 0.6 is 11.3 Å². The van der Waals surface area contributed by atoms with E-state index in [1.807, 2.05) is 0 Å². The number of imidazole rings is 1. The summed E-state index contributed by atoms with van der Waals surface area (Å²) in [5, 5.41) is 0. The second kappa shape index (κ2) is 5.95. The van der Waals surface area contributed by atoms with Gasteiger partial charge >= 0.3 is 0 Å². The van der Waals surface area contributed by atoms with Crippen LogP contribution in [-0.2, 0) is 13.1 Å². The van der Waals surface area contributed by atoms with Gasteiger partial charge in [0.15, 0.2) is 0 Å². The van der Waals surface area contributed by atoms with Crippen LogP contribution in [-0.4, -0.2) is 25.2 Å². The van der Waals surface area contributed by atoms with Gasteiger partial charge in [-0.05, 0) is 35.4 Å². The molecule has 1 aliphatic heterocycles. The van der Waals surface area contributed by atoms with E-state index in [0.29, 0.717) is 21.7 Å². The van der Waals surface area contributed by atoms with Crippen LogP contribution in [0.2, 0.25) is 0 Å². The van der Waals surface area contributed by atoms with Crippen LogP contribution < -0.4 is 0 Å². The molecule has 0 unspecified atom stereocenters. The predicted molar refractivity (Wildman–Crippen MR) is 96.2 cm³/mol. The van der Waals surface area contributed by atoms with Crippen molar-refractivity contribution in [1.82, 2.24) is 19.3 Å². The Morgan fingerprint density at radius 3 is 2.70 bits per heavy atom. The number of pyridine rings is 1. The average molecular weight is 382 g/mol. The fraction of sp³-hybridized carbons (Fsp3) is 0.105. The fourth-order valence-electron chi connectivity index (χ4n) is 3.28. The maximum absolute atomic E-state index is 14.7. The summed E-state index contributed by atoms with van der Waals surface area (Å²) in [6, 6.07) is 6.15. The van der Waals surface area contributed by atoms with E-state index in [1.54, 1.807) is 40.6 Å². The largest absolute Gasteiger partial charge is 0.327 e. The Balaban J connectivity index is 1.46. The molecule has 0 spiro atoms. The van der Waals surface area contributed by atoms with Crippen molar-refractivity contribution in [3.63, 3.8) is 0 Å². The zero-order valence-electron chi connectivity index (χ0n) is 13.9. The standard InChI is InChI=1S/C19H12F2N4OS/c20-14-5-12(11-1-2-17-22-3-4-24(17)7-11)6-15(21)13(14)8-25-9-16-18(19(25)26)27-10-23-16/h1-7,10H,8-9H2. The van der Waals surface area contributed by atoms with E-state index in [0.717, 1.165) is 5.65 Å². The van der Waals surface area contributed by atoms with Crippen molar-refractivity contribution >= 4 is 22.9 Å². The van der Waals surface area contributed by atoms with Crippen LogP contribution in [0.1, 0.15) is 20.9 Å². The number of aromatic nitrogens is 3. The summed E-state index contributed by atoms with van der Waals surface area (Å²) in [6.45, 7) is 0.149. The number of fused-ring (bicyclic) bond motifs is 2. The Hall–Kier alpha value is -3.13. The highest BCUT2D eigenvalue weighted by Crippen LogP contribution is 2.30. The first kappa shape index (κ1) is 16.1. The van der Waals surface area contributed by atoms with Crippen molar-refractivity contribution in [2.24, 2.45) is 0 Å². The van der Waals surface area contributed by atoms with Gasteiger partial charge in [-0.15, -0.1) is 11.3 Å². The minimum atomic E-state index is -0.674. The summed E-state index contributed by atoms with van der Waals surface area (Å²) in [5.74, 6) is -1.58. The molecule has 5 rings (SSSR count). The number of amides is 1. The van der Waals surface area contributed by atoms with Gasteiger partial charge in [0.2, 0.25) is 0 Å². The molecule has 4 heterocycles. The zero-order chi connectivity index (χ0) is 18.5. The van der Waals surface area contributed by atoms with E-state index in [4.69, 9.17) is 0 Å². The number of hydrogen-bond donors (Lipinski definition) is 0. The average Bonchev–Trinajstić information content (AvgIpc) is 3.36. The topological polar surface area (TPSA) is 50.5 Å². The molecule has 27 heavy (non-hydrogen) atoms. The highest BCUT2D eigenvalue weighted by Gasteiger charge is 2.31. The second-order valence-corrected chi connectivity index (χ2v) is 7.17. The Kier molecular flexibility index (Phi) is 3.54. The van der Waals surface area contributed by atoms with Crippen LogP contribution in [0.15, 0.2) is 48.4 Å². The number of benzene rings is 1. The molecule has 4 aromatic rings. The third-order valence-electron chi connectivity index (χ3n) is 4.68. The second-order valence-electron chi connectivity index (χ2n) is 6.32. The van der Waals surface area contributed by atoms with E-state index in [-0.39, 0.29) is 24.6 Å². The molecular formula is C19H12F2N4OS. The lowest BCUT2D eigenvalue weighted by Crippen LogP contribution is -2.24. The van der Waals surface area contributed by atoms with Gasteiger partial charge in [0.05, 0.1) is 24.3 Å². The molecule has 5 nitrogen and oxygen atoms in total. The van der Waals surface area contributed by atoms with Gasteiger partial charge in [-0.2, -0.15) is 0 Å². The van der Waals surface area contributed by atoms with Gasteiger partial charge in [-0.3, -0.25) is 4.79 Å². The summed E-state index contributed by atoms with van der Waals surface area (Å²) in [4.78, 5) is 22.5. The lowest BCUT2D eigenvalue weighted by atomic mass is 10.0. The van der Waals surface area contributed by atoms with Gasteiger partial charge in [0.1, 0.15) is 22.2 Å². The van der Waals surface area contributed by atoms with Crippen molar-refractivity contribution in [1.29, 1.82) is 0 Å². The molecule has 134 valence electrons. The predicted octanol–water partition coefficient (Wildman–Crippen LogP) is 3.89. The maximum atomic E-state index is 14.7. The first-order chi connectivity index (χ1) is 13.1. The van der Waals surface area contributed by atoms with E-state index in [9.17, 15) is 13.6 Å². The summed E-state index contributed by atoms with van der Waals surface area (Å²) in [5.41, 5.74) is 4.01. The van der Waals surface area contributed by atoms with Gasteiger partial charge in [-0.25, -0.2) is 18.7 Å². The molecule has 1 amide bonds. The fourth-order valence-corrected chi connectivity index (χ4v) is 4.05. The quantitative estimate of drug-likeness (QED) is 0.540. The first-order valence-corrected chi connectivity index (χ1v) is 9.11. The Morgan fingerprint density at radius 2 is 1.93 bits per heavy atom. The van der Waals surface area contributed by atoms with E-state index in [1.165, 1.54) is 28.4 Å². The molecule has 0 aliphatic carbocycles. The molecule has 1 aromatic carbocycles. The first-order valence-electron chi connectivity index (χ1n) is 8.23. The molecule has 0 radical (unpaired) electrons. The summed E-state index contributed by atoms with van der Waals surface area (Å²) < 4.78 is 31.1. The van der Waals surface area contributed by atoms with Gasteiger partial charge in [0, 0.05) is 24.2 Å². The van der Waals surface area contributed by atoms with E-state index < -0.39 is 11.6 Å². The number of halogens is 2. The number of carbonyl (C=O) groups excluding carboxylic acids is 1. The van der Waals surface area contributed by atoms with E-state index >= 15 is 0 Å². The number of carbonyl (C=O) groups is 1. The highest BCUT2D eigenvalue weighted by molar-refractivity contribution is 7.12. The number of thiazole rings is 1. The molecule has 0 atom stereocenters. The van der Waals surface area contributed by atoms with Gasteiger partial charge in [0.25, 0.3) is 5.91 Å². The Bertz CT molecular complexity index is 1180. The summed E-state index contributed by atoms with van der Waals surface area (Å²) in [7, 11) is 0. The molecule has 0 fully saturated rings. The summed E-state index contributed by atoms with van der Waals surface area (Å²) in [6.07, 6.45) is 5.19. The third kappa shape index (κ3) is 2.60. The third-order valence-corrected chi connectivity index (χ3v) is 5.53. The number of rotatable bonds is 3. The normalized spacial score (nSPS) is 13.6. The molecular weight excluding hydrogens is 370 g/mol. The van der Waals surface area contributed by atoms with Crippen molar-refractivity contribution in [3.8, 4) is 11.1 Å². The van der Waals surface area contributed by atoms with Crippen molar-refractivity contribution in [2.45, 2.75) is 13.1 Å². The van der Waals surface area contributed by atoms with Crippen molar-refractivity contribution in [3.05, 3.63) is 76.1 Å². The minimum absolute atomic E-state index is 0.119. The Labute approximate surface area is 156 Å². The van der Waals surface area contributed by atoms with Gasteiger partial charge < -0.3 is 9.30 Å². The van der Waals surface area contributed by atoms with E-state index in [2.05, 4.69) is 9.97 Å². The van der Waals surface area contributed by atoms with Crippen LogP contribution in [0.25, 0.3) is 16.8 Å². The molecule has 0 N–H and O–H groups in total. The lowest BCUT2D eigenvalue weighted by Gasteiger charge is -2.17. The lowest BCUT2D eigenvalue weighted by molar-refractivity contribution is 0.0766.